The molecule has 0 aliphatic carbocycles. The maximum Gasteiger partial charge on any atom is 0.234 e. The van der Waals surface area contributed by atoms with E-state index in [1.54, 1.807) is 36.4 Å². The second kappa shape index (κ2) is 10.7. The summed E-state index contributed by atoms with van der Waals surface area (Å²) in [6.07, 6.45) is 0.0423. The average molecular weight is 478 g/mol. The van der Waals surface area contributed by atoms with Crippen LogP contribution in [0.25, 0.3) is 0 Å². The molecule has 0 saturated heterocycles. The first kappa shape index (κ1) is 23.1. The Hall–Kier alpha value is -2.55. The van der Waals surface area contributed by atoms with Gasteiger partial charge in [-0.1, -0.05) is 53.2 Å². The van der Waals surface area contributed by atoms with Gasteiger partial charge in [0.2, 0.25) is 11.8 Å². The smallest absolute Gasteiger partial charge is 0.234 e. The molecule has 0 radical (unpaired) electrons. The van der Waals surface area contributed by atoms with E-state index in [1.807, 2.05) is 24.5 Å². The van der Waals surface area contributed by atoms with Gasteiger partial charge >= 0.3 is 0 Å². The van der Waals surface area contributed by atoms with Crippen molar-refractivity contribution in [2.24, 2.45) is 0 Å². The summed E-state index contributed by atoms with van der Waals surface area (Å²) in [6, 6.07) is 12.4. The molecule has 0 fully saturated rings. The molecular weight excluding hydrogens is 457 g/mol. The number of para-hydroxylation sites is 1. The number of aryl methyl sites for hydroxylation is 1. The summed E-state index contributed by atoms with van der Waals surface area (Å²) in [4.78, 5) is 24.7. The zero-order valence-electron chi connectivity index (χ0n) is 17.0. The van der Waals surface area contributed by atoms with E-state index in [0.717, 1.165) is 5.56 Å². The predicted octanol–water partition coefficient (Wildman–Crippen LogP) is 4.83. The molecule has 0 spiro atoms. The normalized spacial score (nSPS) is 10.7. The number of nitrogens with zero attached hydrogens (tertiary/aromatic N) is 3. The van der Waals surface area contributed by atoms with Gasteiger partial charge in [0.05, 0.1) is 22.9 Å². The van der Waals surface area contributed by atoms with Gasteiger partial charge in [-0.3, -0.25) is 9.59 Å². The van der Waals surface area contributed by atoms with Crippen LogP contribution >= 0.6 is 35.0 Å². The highest BCUT2D eigenvalue weighted by atomic mass is 35.5. The van der Waals surface area contributed by atoms with Crippen molar-refractivity contribution < 1.29 is 9.59 Å². The van der Waals surface area contributed by atoms with Crippen LogP contribution in [-0.2, 0) is 22.6 Å². The number of benzene rings is 2. The molecule has 2 aromatic carbocycles. The number of carbonyl (C=O) groups is 2. The summed E-state index contributed by atoms with van der Waals surface area (Å²) in [7, 11) is 0. The van der Waals surface area contributed by atoms with E-state index in [9.17, 15) is 9.59 Å². The molecular formula is C21H21Cl2N5O2S. The SMILES string of the molecule is CCn1c(CC(=O)Nc2ccccc2Cl)nnc1SCC(=O)Nc1ccc(C)c(Cl)c1. The maximum absolute atomic E-state index is 12.4. The van der Waals surface area contributed by atoms with Crippen molar-refractivity contribution in [3.05, 3.63) is 63.9 Å². The van der Waals surface area contributed by atoms with Crippen LogP contribution in [0.1, 0.15) is 18.3 Å². The minimum atomic E-state index is -0.249. The summed E-state index contributed by atoms with van der Waals surface area (Å²) < 4.78 is 1.81. The number of rotatable bonds is 8. The summed E-state index contributed by atoms with van der Waals surface area (Å²) in [6.45, 7) is 4.39. The Balaban J connectivity index is 1.59. The molecule has 3 rings (SSSR count). The van der Waals surface area contributed by atoms with Crippen molar-refractivity contribution in [2.75, 3.05) is 16.4 Å². The number of nitrogens with one attached hydrogen (secondary N) is 2. The maximum atomic E-state index is 12.4. The molecule has 0 aliphatic heterocycles. The lowest BCUT2D eigenvalue weighted by molar-refractivity contribution is -0.116. The summed E-state index contributed by atoms with van der Waals surface area (Å²) in [5.74, 6) is 0.227. The van der Waals surface area contributed by atoms with E-state index in [0.29, 0.717) is 38.9 Å². The van der Waals surface area contributed by atoms with Gasteiger partial charge in [-0.25, -0.2) is 0 Å². The quantitative estimate of drug-likeness (QED) is 0.453. The van der Waals surface area contributed by atoms with E-state index in [4.69, 9.17) is 23.2 Å². The van der Waals surface area contributed by atoms with Crippen molar-refractivity contribution in [3.8, 4) is 0 Å². The Kier molecular flexibility index (Phi) is 7.95. The third-order valence-corrected chi connectivity index (χ3v) is 6.07. The molecule has 3 aromatic rings. The number of anilines is 2. The molecule has 31 heavy (non-hydrogen) atoms. The zero-order chi connectivity index (χ0) is 22.4. The van der Waals surface area contributed by atoms with Gasteiger partial charge < -0.3 is 15.2 Å². The Morgan fingerprint density at radius 1 is 1.03 bits per heavy atom. The van der Waals surface area contributed by atoms with Crippen LogP contribution in [0, 0.1) is 6.92 Å². The van der Waals surface area contributed by atoms with Crippen molar-refractivity contribution in [3.63, 3.8) is 0 Å². The standard InChI is InChI=1S/C21H21Cl2N5O2S/c1-3-28-18(11-19(29)25-17-7-5-4-6-15(17)22)26-27-21(28)31-12-20(30)24-14-9-8-13(2)16(23)10-14/h4-10H,3,11-12H2,1-2H3,(H,24,30)(H,25,29). The first-order valence-electron chi connectivity index (χ1n) is 9.52. The number of halogens is 2. The Morgan fingerprint density at radius 3 is 2.52 bits per heavy atom. The fraction of sp³-hybridized carbons (Fsp3) is 0.238. The van der Waals surface area contributed by atoms with Gasteiger partial charge in [0.25, 0.3) is 0 Å². The van der Waals surface area contributed by atoms with E-state index in [2.05, 4.69) is 20.8 Å². The summed E-state index contributed by atoms with van der Waals surface area (Å²) in [5.41, 5.74) is 2.12. The van der Waals surface area contributed by atoms with E-state index in [1.165, 1.54) is 11.8 Å². The molecule has 2 amide bonds. The minimum absolute atomic E-state index is 0.0423. The molecule has 1 heterocycles. The largest absolute Gasteiger partial charge is 0.325 e. The first-order valence-corrected chi connectivity index (χ1v) is 11.3. The number of thioether (sulfide) groups is 1. The highest BCUT2D eigenvalue weighted by molar-refractivity contribution is 7.99. The van der Waals surface area contributed by atoms with Gasteiger partial charge in [0.1, 0.15) is 5.82 Å². The highest BCUT2D eigenvalue weighted by Crippen LogP contribution is 2.23. The molecule has 0 aliphatic rings. The first-order chi connectivity index (χ1) is 14.9. The molecule has 7 nitrogen and oxygen atoms in total. The lowest BCUT2D eigenvalue weighted by Gasteiger charge is -2.09. The second-order valence-corrected chi connectivity index (χ2v) is 8.41. The number of aromatic nitrogens is 3. The highest BCUT2D eigenvalue weighted by Gasteiger charge is 2.16. The number of hydrogen-bond donors (Lipinski definition) is 2. The van der Waals surface area contributed by atoms with Crippen molar-refractivity contribution in [2.45, 2.75) is 32.0 Å². The van der Waals surface area contributed by atoms with Gasteiger partial charge in [0, 0.05) is 17.3 Å². The molecule has 162 valence electrons. The van der Waals surface area contributed by atoms with Crippen LogP contribution in [-0.4, -0.2) is 32.3 Å². The van der Waals surface area contributed by atoms with Gasteiger partial charge in [0.15, 0.2) is 5.16 Å². The summed E-state index contributed by atoms with van der Waals surface area (Å²) >= 11 is 13.4. The minimum Gasteiger partial charge on any atom is -0.325 e. The Bertz CT molecular complexity index is 1100. The van der Waals surface area contributed by atoms with Crippen molar-refractivity contribution >= 4 is 58.2 Å². The monoisotopic (exact) mass is 477 g/mol. The summed E-state index contributed by atoms with van der Waals surface area (Å²) in [5, 5.41) is 15.5. The van der Waals surface area contributed by atoms with Crippen molar-refractivity contribution in [1.82, 2.24) is 14.8 Å². The molecule has 1 aromatic heterocycles. The van der Waals surface area contributed by atoms with Crippen LogP contribution in [0.15, 0.2) is 47.6 Å². The van der Waals surface area contributed by atoms with Crippen LogP contribution in [0.4, 0.5) is 11.4 Å². The molecule has 0 atom stereocenters. The molecule has 0 unspecified atom stereocenters. The van der Waals surface area contributed by atoms with Gasteiger partial charge in [-0.15, -0.1) is 10.2 Å². The van der Waals surface area contributed by atoms with Crippen molar-refractivity contribution in [1.29, 1.82) is 0 Å². The number of amides is 2. The van der Waals surface area contributed by atoms with Gasteiger partial charge in [-0.2, -0.15) is 0 Å². The van der Waals surface area contributed by atoms with E-state index in [-0.39, 0.29) is 24.0 Å². The number of hydrogen-bond acceptors (Lipinski definition) is 5. The third kappa shape index (κ3) is 6.22. The lowest BCUT2D eigenvalue weighted by Crippen LogP contribution is -2.18. The molecule has 2 N–H and O–H groups in total. The second-order valence-electron chi connectivity index (χ2n) is 6.65. The topological polar surface area (TPSA) is 88.9 Å². The molecule has 0 bridgehead atoms. The Morgan fingerprint density at radius 2 is 1.81 bits per heavy atom. The van der Waals surface area contributed by atoms with E-state index < -0.39 is 0 Å². The van der Waals surface area contributed by atoms with E-state index >= 15 is 0 Å². The molecule has 10 heteroatoms. The lowest BCUT2D eigenvalue weighted by atomic mass is 10.2. The number of carbonyl (C=O) groups excluding carboxylic acids is 2. The van der Waals surface area contributed by atoms with Gasteiger partial charge in [-0.05, 0) is 43.7 Å². The fourth-order valence-corrected chi connectivity index (χ4v) is 3.96. The van der Waals surface area contributed by atoms with Crippen LogP contribution in [0.5, 0.6) is 0 Å². The molecule has 0 saturated carbocycles. The average Bonchev–Trinajstić information content (AvgIpc) is 3.12. The van der Waals surface area contributed by atoms with Crippen LogP contribution in [0.2, 0.25) is 10.0 Å². The van der Waals surface area contributed by atoms with Crippen LogP contribution in [0.3, 0.4) is 0 Å². The third-order valence-electron chi connectivity index (χ3n) is 4.36. The Labute approximate surface area is 194 Å². The zero-order valence-corrected chi connectivity index (χ0v) is 19.3. The fourth-order valence-electron chi connectivity index (χ4n) is 2.77. The predicted molar refractivity (Wildman–Crippen MR) is 125 cm³/mol. The van der Waals surface area contributed by atoms with Crippen LogP contribution < -0.4 is 10.6 Å².